The summed E-state index contributed by atoms with van der Waals surface area (Å²) in [5, 5.41) is 2.36. The van der Waals surface area contributed by atoms with Gasteiger partial charge in [-0.1, -0.05) is 12.0 Å². The Labute approximate surface area is 139 Å². The number of ether oxygens (including phenoxy) is 2. The molecule has 0 saturated carbocycles. The van der Waals surface area contributed by atoms with Crippen LogP contribution in [0.2, 0.25) is 0 Å². The van der Waals surface area contributed by atoms with Crippen molar-refractivity contribution in [3.05, 3.63) is 29.3 Å². The molecule has 1 heterocycles. The molecule has 0 fully saturated rings. The minimum Gasteiger partial charge on any atom is -0.497 e. The van der Waals surface area contributed by atoms with Crippen molar-refractivity contribution in [3.8, 4) is 18.1 Å². The zero-order valence-electron chi connectivity index (χ0n) is 13.7. The number of nitrogens with zero attached hydrogens (tertiary/aromatic N) is 1. The van der Waals surface area contributed by atoms with Crippen LogP contribution in [0.5, 0.6) is 5.75 Å². The second kappa shape index (κ2) is 6.62. The van der Waals surface area contributed by atoms with Crippen LogP contribution in [0.4, 0.5) is 4.79 Å². The maximum Gasteiger partial charge on any atom is 0.408 e. The van der Waals surface area contributed by atoms with Gasteiger partial charge < -0.3 is 14.4 Å². The first-order valence-electron chi connectivity index (χ1n) is 7.18. The Morgan fingerprint density at radius 3 is 2.67 bits per heavy atom. The number of fused-ring (bicyclic) bond motifs is 1. The summed E-state index contributed by atoms with van der Waals surface area (Å²) >= 11 is 0. The lowest BCUT2D eigenvalue weighted by molar-refractivity contribution is -0.121. The van der Waals surface area contributed by atoms with Crippen LogP contribution in [0.1, 0.15) is 22.8 Å². The Morgan fingerprint density at radius 2 is 2.12 bits per heavy atom. The van der Waals surface area contributed by atoms with E-state index in [4.69, 9.17) is 11.2 Å². The number of alkyl carbamates (subject to hydrolysis) is 1. The van der Waals surface area contributed by atoms with E-state index in [9.17, 15) is 14.4 Å². The number of methoxy groups -OCH3 is 2. The standard InChI is InChI=1S/C17H18N2O5/c1-5-17(11(2)20,18-16(22)24-4)10-19-9-12-6-7-13(23-3)8-14(12)15(19)21/h1,6-8H,9-10H2,2-4H3,(H,18,22)/t17-/m1/s1. The average Bonchev–Trinajstić information content (AvgIpc) is 2.88. The van der Waals surface area contributed by atoms with Gasteiger partial charge in [0.1, 0.15) is 5.75 Å². The Morgan fingerprint density at radius 1 is 1.42 bits per heavy atom. The molecule has 1 aliphatic heterocycles. The largest absolute Gasteiger partial charge is 0.497 e. The zero-order chi connectivity index (χ0) is 17.9. The van der Waals surface area contributed by atoms with Gasteiger partial charge in [0.25, 0.3) is 5.91 Å². The summed E-state index contributed by atoms with van der Waals surface area (Å²) in [5.74, 6) is 2.12. The smallest absolute Gasteiger partial charge is 0.408 e. The van der Waals surface area contributed by atoms with Crippen molar-refractivity contribution in [3.63, 3.8) is 0 Å². The number of rotatable bonds is 5. The van der Waals surface area contributed by atoms with E-state index < -0.39 is 17.4 Å². The van der Waals surface area contributed by atoms with Gasteiger partial charge >= 0.3 is 6.09 Å². The second-order valence-corrected chi connectivity index (χ2v) is 5.41. The van der Waals surface area contributed by atoms with E-state index in [1.54, 1.807) is 18.2 Å². The molecule has 24 heavy (non-hydrogen) atoms. The van der Waals surface area contributed by atoms with E-state index >= 15 is 0 Å². The van der Waals surface area contributed by atoms with Crippen molar-refractivity contribution in [2.24, 2.45) is 0 Å². The van der Waals surface area contributed by atoms with Crippen LogP contribution in [0.3, 0.4) is 0 Å². The topological polar surface area (TPSA) is 84.9 Å². The quantitative estimate of drug-likeness (QED) is 0.813. The van der Waals surface area contributed by atoms with Crippen LogP contribution >= 0.6 is 0 Å². The highest BCUT2D eigenvalue weighted by Crippen LogP contribution is 2.28. The van der Waals surface area contributed by atoms with E-state index in [1.165, 1.54) is 26.0 Å². The van der Waals surface area contributed by atoms with Crippen LogP contribution in [0.15, 0.2) is 18.2 Å². The lowest BCUT2D eigenvalue weighted by Gasteiger charge is -2.30. The minimum atomic E-state index is -1.64. The third kappa shape index (κ3) is 3.04. The van der Waals surface area contributed by atoms with Crippen molar-refractivity contribution in [2.75, 3.05) is 20.8 Å². The SMILES string of the molecule is C#C[C@](CN1Cc2ccc(OC)cc2C1=O)(NC(=O)OC)C(C)=O. The van der Waals surface area contributed by atoms with Gasteiger partial charge in [-0.15, -0.1) is 6.42 Å². The number of amides is 2. The molecule has 1 aromatic carbocycles. The molecule has 0 aromatic heterocycles. The molecule has 0 radical (unpaired) electrons. The summed E-state index contributed by atoms with van der Waals surface area (Å²) in [7, 11) is 2.68. The third-order valence-corrected chi connectivity index (χ3v) is 3.97. The lowest BCUT2D eigenvalue weighted by Crippen LogP contribution is -2.59. The fraction of sp³-hybridized carbons (Fsp3) is 0.353. The minimum absolute atomic E-state index is 0.149. The number of carbonyl (C=O) groups is 3. The van der Waals surface area contributed by atoms with Crippen molar-refractivity contribution in [2.45, 2.75) is 19.0 Å². The number of Topliss-reactive ketones (excluding diaryl/α,β-unsaturated/α-hetero) is 1. The molecular formula is C17H18N2O5. The first-order chi connectivity index (χ1) is 11.4. The van der Waals surface area contributed by atoms with Crippen LogP contribution < -0.4 is 10.1 Å². The Hall–Kier alpha value is -3.01. The molecule has 0 bridgehead atoms. The van der Waals surface area contributed by atoms with E-state index in [2.05, 4.69) is 16.0 Å². The fourth-order valence-corrected chi connectivity index (χ4v) is 2.53. The average molecular weight is 330 g/mol. The Balaban J connectivity index is 2.29. The highest BCUT2D eigenvalue weighted by molar-refractivity contribution is 6.00. The normalized spacial score (nSPS) is 15.1. The summed E-state index contributed by atoms with van der Waals surface area (Å²) < 4.78 is 9.64. The van der Waals surface area contributed by atoms with E-state index in [-0.39, 0.29) is 19.0 Å². The van der Waals surface area contributed by atoms with E-state index in [0.717, 1.165) is 5.56 Å². The van der Waals surface area contributed by atoms with Crippen LogP contribution in [-0.2, 0) is 16.1 Å². The van der Waals surface area contributed by atoms with Crippen LogP contribution in [-0.4, -0.2) is 49.0 Å². The molecule has 0 aliphatic carbocycles. The van der Waals surface area contributed by atoms with E-state index in [1.807, 2.05) is 0 Å². The van der Waals surface area contributed by atoms with Crippen LogP contribution in [0.25, 0.3) is 0 Å². The molecule has 2 rings (SSSR count). The highest BCUT2D eigenvalue weighted by Gasteiger charge is 2.41. The summed E-state index contributed by atoms with van der Waals surface area (Å²) in [6.07, 6.45) is 4.65. The molecule has 7 nitrogen and oxygen atoms in total. The van der Waals surface area contributed by atoms with Crippen LogP contribution in [0, 0.1) is 12.3 Å². The monoisotopic (exact) mass is 330 g/mol. The van der Waals surface area contributed by atoms with Gasteiger partial charge in [0, 0.05) is 12.1 Å². The number of nitrogens with one attached hydrogen (secondary N) is 1. The van der Waals surface area contributed by atoms with Gasteiger partial charge in [0.05, 0.1) is 20.8 Å². The van der Waals surface area contributed by atoms with Gasteiger partial charge in [0.15, 0.2) is 11.3 Å². The van der Waals surface area contributed by atoms with Gasteiger partial charge in [0.2, 0.25) is 0 Å². The number of benzene rings is 1. The lowest BCUT2D eigenvalue weighted by atomic mass is 9.95. The molecule has 1 aliphatic rings. The fourth-order valence-electron chi connectivity index (χ4n) is 2.53. The molecule has 1 N–H and O–H groups in total. The highest BCUT2D eigenvalue weighted by atomic mass is 16.5. The zero-order valence-corrected chi connectivity index (χ0v) is 13.7. The number of hydrogen-bond acceptors (Lipinski definition) is 5. The van der Waals surface area contributed by atoms with Crippen molar-refractivity contribution >= 4 is 17.8 Å². The Bertz CT molecular complexity index is 737. The molecule has 2 amide bonds. The summed E-state index contributed by atoms with van der Waals surface area (Å²) in [4.78, 5) is 37.6. The first-order valence-corrected chi connectivity index (χ1v) is 7.18. The first kappa shape index (κ1) is 17.3. The predicted octanol–water partition coefficient (Wildman–Crippen LogP) is 0.968. The molecule has 1 atom stereocenters. The van der Waals surface area contributed by atoms with Gasteiger partial charge in [-0.2, -0.15) is 0 Å². The maximum atomic E-state index is 12.6. The number of carbonyl (C=O) groups excluding carboxylic acids is 3. The number of ketones is 1. The number of terminal acetylenes is 1. The molecule has 0 saturated heterocycles. The van der Waals surface area contributed by atoms with Gasteiger partial charge in [-0.3, -0.25) is 14.9 Å². The molecule has 1 aromatic rings. The summed E-state index contributed by atoms with van der Waals surface area (Å²) in [6.45, 7) is 1.40. The number of hydrogen-bond donors (Lipinski definition) is 1. The molecule has 0 spiro atoms. The van der Waals surface area contributed by atoms with Crippen molar-refractivity contribution in [1.82, 2.24) is 10.2 Å². The Kier molecular flexibility index (Phi) is 4.79. The van der Waals surface area contributed by atoms with Gasteiger partial charge in [-0.25, -0.2) is 4.79 Å². The second-order valence-electron chi connectivity index (χ2n) is 5.41. The third-order valence-electron chi connectivity index (χ3n) is 3.97. The molecule has 0 unspecified atom stereocenters. The predicted molar refractivity (Wildman–Crippen MR) is 85.5 cm³/mol. The summed E-state index contributed by atoms with van der Waals surface area (Å²) in [6, 6.07) is 5.17. The van der Waals surface area contributed by atoms with Crippen molar-refractivity contribution < 1.29 is 23.9 Å². The maximum absolute atomic E-state index is 12.6. The van der Waals surface area contributed by atoms with Gasteiger partial charge in [-0.05, 0) is 24.6 Å². The van der Waals surface area contributed by atoms with E-state index in [0.29, 0.717) is 11.3 Å². The summed E-state index contributed by atoms with van der Waals surface area (Å²) in [5.41, 5.74) is -0.357. The van der Waals surface area contributed by atoms with Crippen molar-refractivity contribution in [1.29, 1.82) is 0 Å². The molecule has 7 heteroatoms. The molecule has 126 valence electrons. The molecular weight excluding hydrogens is 312 g/mol.